The zero-order valence-corrected chi connectivity index (χ0v) is 19.6. The number of nitrogens with one attached hydrogen (secondary N) is 2. The Morgan fingerprint density at radius 3 is 2.22 bits per heavy atom. The van der Waals surface area contributed by atoms with Crippen LogP contribution in [0.3, 0.4) is 0 Å². The summed E-state index contributed by atoms with van der Waals surface area (Å²) < 4.78 is 5.65. The highest BCUT2D eigenvalue weighted by atomic mass is 16.5. The van der Waals surface area contributed by atoms with Crippen molar-refractivity contribution in [2.24, 2.45) is 11.8 Å². The van der Waals surface area contributed by atoms with Gasteiger partial charge in [0.25, 0.3) is 0 Å². The highest BCUT2D eigenvalue weighted by molar-refractivity contribution is 5.93. The van der Waals surface area contributed by atoms with Crippen molar-refractivity contribution in [2.45, 2.75) is 57.4 Å². The molecule has 2 aliphatic heterocycles. The molecule has 32 heavy (non-hydrogen) atoms. The topological polar surface area (TPSA) is 165 Å². The van der Waals surface area contributed by atoms with Gasteiger partial charge in [0.15, 0.2) is 11.9 Å². The first-order valence-electron chi connectivity index (χ1n) is 10.9. The quantitative estimate of drug-likeness (QED) is 0.226. The zero-order chi connectivity index (χ0) is 24.7. The first-order valence-corrected chi connectivity index (χ1v) is 10.9. The number of ether oxygens (including phenoxy) is 1. The van der Waals surface area contributed by atoms with E-state index in [0.29, 0.717) is 24.0 Å². The first kappa shape index (κ1) is 28.0. The SMILES string of the molecule is CC(C)C(=O)OC(CC(=O)[O-])C[N+](C)(C)C.O=C(C1CCN[C@]1(O)C(=O)O)[C@@H]1CCCN1. The molecule has 2 aliphatic rings. The summed E-state index contributed by atoms with van der Waals surface area (Å²) >= 11 is 0. The number of hydrogen-bond acceptors (Lipinski definition) is 9. The van der Waals surface area contributed by atoms with Crippen LogP contribution in [-0.2, 0) is 23.9 Å². The Labute approximate surface area is 188 Å². The van der Waals surface area contributed by atoms with Gasteiger partial charge in [0.05, 0.1) is 39.0 Å². The summed E-state index contributed by atoms with van der Waals surface area (Å²) in [6.45, 7) is 5.01. The van der Waals surface area contributed by atoms with E-state index in [4.69, 9.17) is 9.84 Å². The molecule has 0 radical (unpaired) electrons. The minimum atomic E-state index is -2.08. The number of ketones is 1. The van der Waals surface area contributed by atoms with E-state index in [1.54, 1.807) is 13.8 Å². The minimum Gasteiger partial charge on any atom is -0.550 e. The fraction of sp³-hybridized carbons (Fsp3) is 0.810. The average molecular weight is 460 g/mol. The van der Waals surface area contributed by atoms with Crippen LogP contribution in [0.1, 0.15) is 39.5 Å². The third-order valence-electron chi connectivity index (χ3n) is 5.30. The molecule has 0 spiro atoms. The molecule has 11 nitrogen and oxygen atoms in total. The van der Waals surface area contributed by atoms with E-state index in [2.05, 4.69) is 10.6 Å². The molecule has 2 unspecified atom stereocenters. The van der Waals surface area contributed by atoms with Crippen LogP contribution >= 0.6 is 0 Å². The second-order valence-electron chi connectivity index (χ2n) is 9.65. The molecule has 2 fully saturated rings. The van der Waals surface area contributed by atoms with E-state index in [1.807, 2.05) is 21.1 Å². The van der Waals surface area contributed by atoms with Gasteiger partial charge in [-0.25, -0.2) is 4.79 Å². The second kappa shape index (κ2) is 11.7. The highest BCUT2D eigenvalue weighted by Crippen LogP contribution is 2.28. The summed E-state index contributed by atoms with van der Waals surface area (Å²) in [6, 6.07) is -0.296. The molecular formula is C21H37N3O8. The fourth-order valence-corrected chi connectivity index (χ4v) is 3.72. The van der Waals surface area contributed by atoms with Crippen molar-refractivity contribution in [1.82, 2.24) is 10.6 Å². The normalized spacial score (nSPS) is 26.2. The van der Waals surface area contributed by atoms with E-state index >= 15 is 0 Å². The Kier molecular flexibility index (Phi) is 10.2. The maximum absolute atomic E-state index is 12.0. The number of esters is 1. The summed E-state index contributed by atoms with van der Waals surface area (Å²) in [4.78, 5) is 44.9. The van der Waals surface area contributed by atoms with E-state index in [0.717, 1.165) is 19.4 Å². The van der Waals surface area contributed by atoms with Crippen LogP contribution < -0.4 is 15.7 Å². The standard InChI is InChI=1S/C11H21NO4.C10H16N2O4/c1-8(2)11(15)16-9(6-10(13)14)7-12(3,4)5;13-8(7-2-1-4-11-7)6-3-5-12-10(6,16)9(14)15/h8-9H,6-7H2,1-5H3;6-7,11-12,16H,1-5H2,(H,14,15)/t;6?,7-,10+/m.0/s1. The third-order valence-corrected chi connectivity index (χ3v) is 5.30. The Morgan fingerprint density at radius 1 is 1.16 bits per heavy atom. The second-order valence-corrected chi connectivity index (χ2v) is 9.65. The van der Waals surface area contributed by atoms with Crippen molar-refractivity contribution in [2.75, 3.05) is 40.8 Å². The molecule has 0 aliphatic carbocycles. The van der Waals surface area contributed by atoms with Crippen LogP contribution in [0, 0.1) is 11.8 Å². The summed E-state index contributed by atoms with van der Waals surface area (Å²) in [5.41, 5.74) is -2.08. The third kappa shape index (κ3) is 8.45. The van der Waals surface area contributed by atoms with Gasteiger partial charge in [-0.05, 0) is 32.4 Å². The summed E-state index contributed by atoms with van der Waals surface area (Å²) in [5.74, 6) is -4.24. The Balaban J connectivity index is 0.000000320. The summed E-state index contributed by atoms with van der Waals surface area (Å²) in [5, 5.41) is 34.9. The van der Waals surface area contributed by atoms with Crippen LogP contribution in [0.5, 0.6) is 0 Å². The number of carbonyl (C=O) groups is 4. The molecule has 0 aromatic heterocycles. The Hall–Kier alpha value is -2.08. The number of hydrogen-bond donors (Lipinski definition) is 4. The molecule has 2 rings (SSSR count). The number of carbonyl (C=O) groups excluding carboxylic acids is 3. The van der Waals surface area contributed by atoms with Crippen LogP contribution in [0.15, 0.2) is 0 Å². The molecule has 2 heterocycles. The maximum Gasteiger partial charge on any atom is 0.352 e. The van der Waals surface area contributed by atoms with Gasteiger partial charge in [-0.1, -0.05) is 13.8 Å². The van der Waals surface area contributed by atoms with Crippen molar-refractivity contribution in [1.29, 1.82) is 0 Å². The number of likely N-dealkylation sites (N-methyl/N-ethyl adjacent to an activating group) is 1. The number of Topliss-reactive ketones (excluding diaryl/α,β-unsaturated/α-hetero) is 1. The lowest BCUT2D eigenvalue weighted by Crippen LogP contribution is -2.56. The van der Waals surface area contributed by atoms with Crippen LogP contribution in [0.25, 0.3) is 0 Å². The van der Waals surface area contributed by atoms with Crippen molar-refractivity contribution < 1.29 is 43.7 Å². The number of aliphatic hydroxyl groups is 1. The lowest BCUT2D eigenvalue weighted by molar-refractivity contribution is -0.873. The molecule has 0 aromatic rings. The first-order chi connectivity index (χ1) is 14.7. The summed E-state index contributed by atoms with van der Waals surface area (Å²) in [7, 11) is 5.72. The summed E-state index contributed by atoms with van der Waals surface area (Å²) in [6.07, 6.45) is 1.14. The molecule has 0 amide bonds. The predicted octanol–water partition coefficient (Wildman–Crippen LogP) is -1.91. The van der Waals surface area contributed by atoms with E-state index in [9.17, 15) is 29.4 Å². The lowest BCUT2D eigenvalue weighted by atomic mass is 9.88. The number of rotatable bonds is 9. The van der Waals surface area contributed by atoms with E-state index < -0.39 is 29.7 Å². The highest BCUT2D eigenvalue weighted by Gasteiger charge is 2.52. The van der Waals surface area contributed by atoms with Crippen LogP contribution in [0.2, 0.25) is 0 Å². The van der Waals surface area contributed by atoms with Gasteiger partial charge in [0, 0.05) is 12.4 Å². The van der Waals surface area contributed by atoms with Gasteiger partial charge in [0.1, 0.15) is 6.54 Å². The van der Waals surface area contributed by atoms with Gasteiger partial charge in [-0.2, -0.15) is 0 Å². The molecule has 0 saturated carbocycles. The number of carboxylic acid groups (broad SMARTS) is 2. The zero-order valence-electron chi connectivity index (χ0n) is 19.6. The smallest absolute Gasteiger partial charge is 0.352 e. The van der Waals surface area contributed by atoms with Crippen molar-refractivity contribution in [3.8, 4) is 0 Å². The average Bonchev–Trinajstić information content (AvgIpc) is 3.30. The monoisotopic (exact) mass is 459 g/mol. The van der Waals surface area contributed by atoms with Gasteiger partial charge in [-0.15, -0.1) is 0 Å². The van der Waals surface area contributed by atoms with Crippen molar-refractivity contribution in [3.05, 3.63) is 0 Å². The fourth-order valence-electron chi connectivity index (χ4n) is 3.72. The number of quaternary nitrogens is 1. The van der Waals surface area contributed by atoms with Gasteiger partial charge >= 0.3 is 11.9 Å². The lowest BCUT2D eigenvalue weighted by Gasteiger charge is -2.29. The van der Waals surface area contributed by atoms with Crippen molar-refractivity contribution >= 4 is 23.7 Å². The molecular weight excluding hydrogens is 422 g/mol. The van der Waals surface area contributed by atoms with E-state index in [1.165, 1.54) is 0 Å². The Bertz CT molecular complexity index is 685. The van der Waals surface area contributed by atoms with Gasteiger partial charge < -0.3 is 34.7 Å². The number of aliphatic carboxylic acids is 2. The Morgan fingerprint density at radius 2 is 1.78 bits per heavy atom. The van der Waals surface area contributed by atoms with E-state index in [-0.39, 0.29) is 30.1 Å². The molecule has 4 N–H and O–H groups in total. The molecule has 0 bridgehead atoms. The minimum absolute atomic E-state index is 0.188. The van der Waals surface area contributed by atoms with Gasteiger partial charge in [0.2, 0.25) is 5.72 Å². The number of carboxylic acids is 2. The van der Waals surface area contributed by atoms with Crippen LogP contribution in [-0.4, -0.2) is 97.0 Å². The van der Waals surface area contributed by atoms with Crippen LogP contribution in [0.4, 0.5) is 0 Å². The molecule has 4 atom stereocenters. The molecule has 0 aromatic carbocycles. The molecule has 184 valence electrons. The maximum atomic E-state index is 12.0. The van der Waals surface area contributed by atoms with Gasteiger partial charge in [-0.3, -0.25) is 14.9 Å². The molecule has 2 saturated heterocycles. The van der Waals surface area contributed by atoms with Crippen molar-refractivity contribution in [3.63, 3.8) is 0 Å². The number of nitrogens with zero attached hydrogens (tertiary/aromatic N) is 1. The predicted molar refractivity (Wildman–Crippen MR) is 112 cm³/mol. The largest absolute Gasteiger partial charge is 0.550 e. The molecule has 11 heteroatoms.